The summed E-state index contributed by atoms with van der Waals surface area (Å²) in [6.45, 7) is 1.85. The number of anilines is 1. The van der Waals surface area contributed by atoms with Crippen LogP contribution in [0.2, 0.25) is 0 Å². The molecular formula is C21H26N2O2. The number of carbonyl (C=O) groups is 1. The number of amides is 1. The van der Waals surface area contributed by atoms with E-state index in [2.05, 4.69) is 5.32 Å². The highest BCUT2D eigenvalue weighted by molar-refractivity contribution is 5.92. The Hall–Kier alpha value is -2.33. The molecule has 2 unspecified atom stereocenters. The summed E-state index contributed by atoms with van der Waals surface area (Å²) in [5.74, 6) is 0.455. The Morgan fingerprint density at radius 3 is 2.36 bits per heavy atom. The van der Waals surface area contributed by atoms with Crippen LogP contribution in [-0.4, -0.2) is 12.0 Å². The van der Waals surface area contributed by atoms with Gasteiger partial charge in [0.05, 0.1) is 12.0 Å². The average molecular weight is 338 g/mol. The van der Waals surface area contributed by atoms with Crippen LogP contribution in [0, 0.1) is 5.92 Å². The van der Waals surface area contributed by atoms with Crippen molar-refractivity contribution in [2.75, 3.05) is 5.32 Å². The Morgan fingerprint density at radius 2 is 1.72 bits per heavy atom. The van der Waals surface area contributed by atoms with Gasteiger partial charge in [-0.2, -0.15) is 0 Å². The first-order valence-corrected chi connectivity index (χ1v) is 9.01. The summed E-state index contributed by atoms with van der Waals surface area (Å²) >= 11 is 0. The highest BCUT2D eigenvalue weighted by Crippen LogP contribution is 2.26. The van der Waals surface area contributed by atoms with E-state index in [1.807, 2.05) is 61.5 Å². The predicted octanol–water partition coefficient (Wildman–Crippen LogP) is 4.28. The molecule has 0 spiro atoms. The fourth-order valence-electron chi connectivity index (χ4n) is 3.20. The van der Waals surface area contributed by atoms with Crippen molar-refractivity contribution in [3.63, 3.8) is 0 Å². The van der Waals surface area contributed by atoms with Gasteiger partial charge in [0.2, 0.25) is 5.91 Å². The number of benzene rings is 2. The first kappa shape index (κ1) is 17.5. The molecule has 132 valence electrons. The molecule has 1 aliphatic carbocycles. The molecule has 0 aromatic heterocycles. The van der Waals surface area contributed by atoms with Crippen LogP contribution in [0.4, 0.5) is 5.69 Å². The summed E-state index contributed by atoms with van der Waals surface area (Å²) in [7, 11) is 0. The van der Waals surface area contributed by atoms with Crippen LogP contribution in [0.3, 0.4) is 0 Å². The molecule has 2 aromatic rings. The van der Waals surface area contributed by atoms with Crippen molar-refractivity contribution in [1.29, 1.82) is 0 Å². The second-order valence-electron chi connectivity index (χ2n) is 6.76. The van der Waals surface area contributed by atoms with Crippen LogP contribution in [0.25, 0.3) is 0 Å². The van der Waals surface area contributed by atoms with Crippen molar-refractivity contribution in [3.8, 4) is 5.75 Å². The Kier molecular flexibility index (Phi) is 5.71. The Labute approximate surface area is 149 Å². The summed E-state index contributed by atoms with van der Waals surface area (Å²) in [5.41, 5.74) is 7.95. The van der Waals surface area contributed by atoms with Crippen LogP contribution < -0.4 is 15.8 Å². The molecule has 1 saturated carbocycles. The fraction of sp³-hybridized carbons (Fsp3) is 0.381. The maximum absolute atomic E-state index is 12.5. The smallest absolute Gasteiger partial charge is 0.229 e. The zero-order valence-electron chi connectivity index (χ0n) is 14.7. The lowest BCUT2D eigenvalue weighted by atomic mass is 9.94. The molecule has 1 fully saturated rings. The largest absolute Gasteiger partial charge is 0.490 e. The van der Waals surface area contributed by atoms with Crippen molar-refractivity contribution in [2.24, 2.45) is 11.7 Å². The summed E-state index contributed by atoms with van der Waals surface area (Å²) in [4.78, 5) is 12.5. The SMILES string of the molecule is CC(C(=O)Nc1ccc(OC2CCCC2)cc1)C(N)c1ccccc1. The lowest BCUT2D eigenvalue weighted by Gasteiger charge is -2.20. The first-order valence-electron chi connectivity index (χ1n) is 9.01. The van der Waals surface area contributed by atoms with Gasteiger partial charge in [-0.15, -0.1) is 0 Å². The minimum absolute atomic E-state index is 0.0826. The number of nitrogens with one attached hydrogen (secondary N) is 1. The summed E-state index contributed by atoms with van der Waals surface area (Å²) < 4.78 is 5.95. The number of hydrogen-bond donors (Lipinski definition) is 2. The monoisotopic (exact) mass is 338 g/mol. The summed E-state index contributed by atoms with van der Waals surface area (Å²) in [6.07, 6.45) is 5.10. The van der Waals surface area contributed by atoms with Gasteiger partial charge in [-0.3, -0.25) is 4.79 Å². The third-order valence-corrected chi connectivity index (χ3v) is 4.86. The second-order valence-corrected chi connectivity index (χ2v) is 6.76. The van der Waals surface area contributed by atoms with Gasteiger partial charge in [-0.1, -0.05) is 37.3 Å². The van der Waals surface area contributed by atoms with Gasteiger partial charge < -0.3 is 15.8 Å². The van der Waals surface area contributed by atoms with Gasteiger partial charge in [0.15, 0.2) is 0 Å². The lowest BCUT2D eigenvalue weighted by Crippen LogP contribution is -2.30. The molecule has 0 saturated heterocycles. The third kappa shape index (κ3) is 4.60. The van der Waals surface area contributed by atoms with Gasteiger partial charge in [0.25, 0.3) is 0 Å². The van der Waals surface area contributed by atoms with Crippen molar-refractivity contribution in [2.45, 2.75) is 44.8 Å². The number of ether oxygens (including phenoxy) is 1. The zero-order chi connectivity index (χ0) is 17.6. The van der Waals surface area contributed by atoms with E-state index < -0.39 is 0 Å². The van der Waals surface area contributed by atoms with Crippen LogP contribution in [0.5, 0.6) is 5.75 Å². The quantitative estimate of drug-likeness (QED) is 0.826. The third-order valence-electron chi connectivity index (χ3n) is 4.86. The van der Waals surface area contributed by atoms with E-state index in [1.54, 1.807) is 0 Å². The summed E-state index contributed by atoms with van der Waals surface area (Å²) in [6, 6.07) is 17.0. The molecule has 3 rings (SSSR count). The zero-order valence-corrected chi connectivity index (χ0v) is 14.7. The molecule has 4 heteroatoms. The molecule has 2 atom stereocenters. The van der Waals surface area contributed by atoms with E-state index in [0.717, 1.165) is 29.8 Å². The van der Waals surface area contributed by atoms with E-state index in [1.165, 1.54) is 12.8 Å². The van der Waals surface area contributed by atoms with Crippen LogP contribution in [0.1, 0.15) is 44.2 Å². The predicted molar refractivity (Wildman–Crippen MR) is 100 cm³/mol. The number of nitrogens with two attached hydrogens (primary N) is 1. The summed E-state index contributed by atoms with van der Waals surface area (Å²) in [5, 5.41) is 2.94. The second kappa shape index (κ2) is 8.17. The molecule has 1 aliphatic rings. The number of rotatable bonds is 6. The van der Waals surface area contributed by atoms with Crippen LogP contribution >= 0.6 is 0 Å². The van der Waals surface area contributed by atoms with Gasteiger partial charge in [-0.05, 0) is 55.5 Å². The Morgan fingerprint density at radius 1 is 1.08 bits per heavy atom. The molecule has 3 N–H and O–H groups in total. The molecular weight excluding hydrogens is 312 g/mol. The Balaban J connectivity index is 1.56. The normalized spacial score (nSPS) is 17.0. The standard InChI is InChI=1S/C21H26N2O2/c1-15(20(22)16-7-3-2-4-8-16)21(24)23-17-11-13-19(14-12-17)25-18-9-5-6-10-18/h2-4,7-8,11-15,18,20H,5-6,9-10,22H2,1H3,(H,23,24). The fourth-order valence-corrected chi connectivity index (χ4v) is 3.20. The van der Waals surface area contributed by atoms with E-state index in [-0.39, 0.29) is 17.9 Å². The number of hydrogen-bond acceptors (Lipinski definition) is 3. The molecule has 1 amide bonds. The highest BCUT2D eigenvalue weighted by Gasteiger charge is 2.22. The molecule has 4 nitrogen and oxygen atoms in total. The van der Waals surface area contributed by atoms with Gasteiger partial charge in [0.1, 0.15) is 5.75 Å². The van der Waals surface area contributed by atoms with Gasteiger partial charge >= 0.3 is 0 Å². The average Bonchev–Trinajstić information content (AvgIpc) is 3.16. The maximum atomic E-state index is 12.5. The molecule has 0 bridgehead atoms. The lowest BCUT2D eigenvalue weighted by molar-refractivity contribution is -0.120. The van der Waals surface area contributed by atoms with E-state index in [4.69, 9.17) is 10.5 Å². The highest BCUT2D eigenvalue weighted by atomic mass is 16.5. The van der Waals surface area contributed by atoms with Crippen LogP contribution in [0.15, 0.2) is 54.6 Å². The van der Waals surface area contributed by atoms with E-state index in [9.17, 15) is 4.79 Å². The van der Waals surface area contributed by atoms with E-state index in [0.29, 0.717) is 6.10 Å². The van der Waals surface area contributed by atoms with Crippen molar-refractivity contribution in [1.82, 2.24) is 0 Å². The molecule has 0 aliphatic heterocycles. The minimum Gasteiger partial charge on any atom is -0.490 e. The Bertz CT molecular complexity index is 679. The topological polar surface area (TPSA) is 64.3 Å². The van der Waals surface area contributed by atoms with Crippen molar-refractivity contribution >= 4 is 11.6 Å². The molecule has 0 radical (unpaired) electrons. The number of carbonyl (C=O) groups excluding carboxylic acids is 1. The van der Waals surface area contributed by atoms with Crippen molar-refractivity contribution < 1.29 is 9.53 Å². The van der Waals surface area contributed by atoms with Gasteiger partial charge in [-0.25, -0.2) is 0 Å². The molecule has 25 heavy (non-hydrogen) atoms. The van der Waals surface area contributed by atoms with E-state index >= 15 is 0 Å². The minimum atomic E-state index is -0.328. The van der Waals surface area contributed by atoms with Crippen molar-refractivity contribution in [3.05, 3.63) is 60.2 Å². The van der Waals surface area contributed by atoms with Crippen LogP contribution in [-0.2, 0) is 4.79 Å². The van der Waals surface area contributed by atoms with Gasteiger partial charge in [0, 0.05) is 11.7 Å². The first-order chi connectivity index (χ1) is 12.1. The molecule has 2 aromatic carbocycles. The maximum Gasteiger partial charge on any atom is 0.229 e. The molecule has 0 heterocycles.